The first-order valence-electron chi connectivity index (χ1n) is 7.91. The third kappa shape index (κ3) is 4.04. The molecule has 0 aliphatic carbocycles. The molecular formula is C19H22ClFN2O2. The van der Waals surface area contributed by atoms with Crippen molar-refractivity contribution < 1.29 is 13.9 Å². The molecule has 4 nitrogen and oxygen atoms in total. The van der Waals surface area contributed by atoms with Crippen molar-refractivity contribution in [3.63, 3.8) is 0 Å². The lowest BCUT2D eigenvalue weighted by molar-refractivity contribution is 0.0620. The summed E-state index contributed by atoms with van der Waals surface area (Å²) in [7, 11) is 0. The Morgan fingerprint density at radius 3 is 2.68 bits per heavy atom. The van der Waals surface area contributed by atoms with Gasteiger partial charge in [0.2, 0.25) is 0 Å². The van der Waals surface area contributed by atoms with E-state index in [-0.39, 0.29) is 30.2 Å². The molecule has 0 bridgehead atoms. The van der Waals surface area contributed by atoms with E-state index in [1.165, 1.54) is 18.2 Å². The van der Waals surface area contributed by atoms with Crippen LogP contribution in [0.25, 0.3) is 0 Å². The number of nitrogen functional groups attached to an aromatic ring is 1. The average molecular weight is 365 g/mol. The maximum Gasteiger partial charge on any atom is 0.252 e. The zero-order chi connectivity index (χ0) is 17.5. The molecule has 1 atom stereocenters. The molecule has 0 saturated carbocycles. The fraction of sp³-hybridized carbons (Fsp3) is 0.316. The molecule has 2 aromatic carbocycles. The third-order valence-electron chi connectivity index (χ3n) is 4.23. The normalized spacial score (nSPS) is 17.7. The summed E-state index contributed by atoms with van der Waals surface area (Å²) in [6, 6.07) is 9.37. The second kappa shape index (κ2) is 6.92. The highest BCUT2D eigenvalue weighted by atomic mass is 35.5. The maximum absolute atomic E-state index is 13.3. The Balaban J connectivity index is 0.00000225. The van der Waals surface area contributed by atoms with Crippen LogP contribution >= 0.6 is 12.4 Å². The Hall–Kier alpha value is -2.27. The molecule has 0 radical (unpaired) electrons. The Morgan fingerprint density at radius 2 is 2.00 bits per heavy atom. The van der Waals surface area contributed by atoms with Gasteiger partial charge in [-0.15, -0.1) is 12.4 Å². The Bertz CT molecular complexity index is 808. The summed E-state index contributed by atoms with van der Waals surface area (Å²) in [5.41, 5.74) is 8.03. The number of fused-ring (bicyclic) bond motifs is 1. The van der Waals surface area contributed by atoms with Gasteiger partial charge in [0.25, 0.3) is 5.91 Å². The van der Waals surface area contributed by atoms with Crippen molar-refractivity contribution in [2.45, 2.75) is 38.8 Å². The minimum atomic E-state index is -0.404. The molecule has 0 spiro atoms. The number of nitrogens with two attached hydrogens (primary N) is 1. The summed E-state index contributed by atoms with van der Waals surface area (Å²) in [4.78, 5) is 12.6. The number of hydrogen-bond donors (Lipinski definition) is 2. The lowest BCUT2D eigenvalue weighted by Crippen LogP contribution is -2.41. The molecule has 0 fully saturated rings. The van der Waals surface area contributed by atoms with Gasteiger partial charge in [0.15, 0.2) is 0 Å². The van der Waals surface area contributed by atoms with E-state index in [1.54, 1.807) is 13.0 Å². The van der Waals surface area contributed by atoms with Crippen LogP contribution in [0.3, 0.4) is 0 Å². The smallest absolute Gasteiger partial charge is 0.252 e. The molecule has 1 aliphatic heterocycles. The molecule has 0 saturated heterocycles. The van der Waals surface area contributed by atoms with Crippen molar-refractivity contribution in [2.75, 3.05) is 5.73 Å². The van der Waals surface area contributed by atoms with E-state index < -0.39 is 5.60 Å². The summed E-state index contributed by atoms with van der Waals surface area (Å²) in [6.07, 6.45) is 0.620. The quantitative estimate of drug-likeness (QED) is 0.786. The number of hydrogen-bond acceptors (Lipinski definition) is 3. The number of halogens is 2. The van der Waals surface area contributed by atoms with Gasteiger partial charge in [-0.05, 0) is 62.7 Å². The lowest BCUT2D eigenvalue weighted by atomic mass is 9.89. The van der Waals surface area contributed by atoms with Gasteiger partial charge in [0.05, 0.1) is 6.04 Å². The van der Waals surface area contributed by atoms with E-state index in [2.05, 4.69) is 5.32 Å². The molecule has 3 N–H and O–H groups in total. The molecule has 1 aliphatic rings. The Kier molecular flexibility index (Phi) is 5.28. The van der Waals surface area contributed by atoms with E-state index in [4.69, 9.17) is 10.5 Å². The molecule has 134 valence electrons. The zero-order valence-corrected chi connectivity index (χ0v) is 15.2. The van der Waals surface area contributed by atoms with Crippen molar-refractivity contribution in [2.24, 2.45) is 0 Å². The van der Waals surface area contributed by atoms with E-state index in [9.17, 15) is 9.18 Å². The van der Waals surface area contributed by atoms with E-state index in [0.29, 0.717) is 23.2 Å². The first kappa shape index (κ1) is 19.1. The standard InChI is InChI=1S/C19H21FN2O2.ClH/c1-11-8-12(20)4-6-14(11)18(23)22-16-10-19(2,3)24-17-7-5-13(21)9-15(16)17;/h4-9,16H,10,21H2,1-3H3,(H,22,23);1H. The van der Waals surface area contributed by atoms with Gasteiger partial charge in [-0.1, -0.05) is 0 Å². The van der Waals surface area contributed by atoms with Gasteiger partial charge in [-0.3, -0.25) is 4.79 Å². The van der Waals surface area contributed by atoms with Crippen molar-refractivity contribution in [3.8, 4) is 5.75 Å². The molecule has 2 aromatic rings. The maximum atomic E-state index is 13.3. The van der Waals surface area contributed by atoms with Gasteiger partial charge in [0.1, 0.15) is 17.2 Å². The average Bonchev–Trinajstić information content (AvgIpc) is 2.47. The highest BCUT2D eigenvalue weighted by Crippen LogP contribution is 2.40. The fourth-order valence-electron chi connectivity index (χ4n) is 3.12. The minimum Gasteiger partial charge on any atom is -0.487 e. The number of aryl methyl sites for hydroxylation is 1. The van der Waals surface area contributed by atoms with Crippen LogP contribution in [-0.2, 0) is 0 Å². The van der Waals surface area contributed by atoms with Gasteiger partial charge in [-0.2, -0.15) is 0 Å². The van der Waals surface area contributed by atoms with Crippen LogP contribution in [0.1, 0.15) is 47.8 Å². The molecular weight excluding hydrogens is 343 g/mol. The van der Waals surface area contributed by atoms with Gasteiger partial charge < -0.3 is 15.8 Å². The van der Waals surface area contributed by atoms with E-state index >= 15 is 0 Å². The van der Waals surface area contributed by atoms with Crippen LogP contribution < -0.4 is 15.8 Å². The van der Waals surface area contributed by atoms with Crippen molar-refractivity contribution in [3.05, 3.63) is 58.9 Å². The van der Waals surface area contributed by atoms with Crippen LogP contribution in [0.5, 0.6) is 5.75 Å². The third-order valence-corrected chi connectivity index (χ3v) is 4.23. The summed E-state index contributed by atoms with van der Waals surface area (Å²) in [5.74, 6) is 0.138. The van der Waals surface area contributed by atoms with Crippen LogP contribution in [-0.4, -0.2) is 11.5 Å². The van der Waals surface area contributed by atoms with Crippen molar-refractivity contribution >= 4 is 24.0 Å². The predicted molar refractivity (Wildman–Crippen MR) is 98.8 cm³/mol. The highest BCUT2D eigenvalue weighted by molar-refractivity contribution is 5.96. The zero-order valence-electron chi connectivity index (χ0n) is 14.4. The monoisotopic (exact) mass is 364 g/mol. The first-order valence-corrected chi connectivity index (χ1v) is 7.91. The number of rotatable bonds is 2. The molecule has 0 aromatic heterocycles. The predicted octanol–water partition coefficient (Wildman–Crippen LogP) is 4.17. The summed E-state index contributed by atoms with van der Waals surface area (Å²) >= 11 is 0. The molecule has 1 heterocycles. The van der Waals surface area contributed by atoms with Crippen LogP contribution in [0.15, 0.2) is 36.4 Å². The summed E-state index contributed by atoms with van der Waals surface area (Å²) < 4.78 is 19.2. The van der Waals surface area contributed by atoms with Crippen molar-refractivity contribution in [1.82, 2.24) is 5.32 Å². The number of ether oxygens (including phenoxy) is 1. The first-order chi connectivity index (χ1) is 11.2. The molecule has 1 amide bonds. The number of nitrogens with one attached hydrogen (secondary N) is 1. The van der Waals surface area contributed by atoms with Crippen LogP contribution in [0, 0.1) is 12.7 Å². The van der Waals surface area contributed by atoms with Crippen molar-refractivity contribution in [1.29, 1.82) is 0 Å². The van der Waals surface area contributed by atoms with Gasteiger partial charge >= 0.3 is 0 Å². The lowest BCUT2D eigenvalue weighted by Gasteiger charge is -2.38. The van der Waals surface area contributed by atoms with Crippen LogP contribution in [0.2, 0.25) is 0 Å². The number of carbonyl (C=O) groups excluding carboxylic acids is 1. The molecule has 3 rings (SSSR count). The largest absolute Gasteiger partial charge is 0.487 e. The van der Waals surface area contributed by atoms with Gasteiger partial charge in [-0.25, -0.2) is 4.39 Å². The molecule has 25 heavy (non-hydrogen) atoms. The Labute approximate surface area is 153 Å². The highest BCUT2D eigenvalue weighted by Gasteiger charge is 2.34. The number of carbonyl (C=O) groups is 1. The van der Waals surface area contributed by atoms with Crippen LogP contribution in [0.4, 0.5) is 10.1 Å². The van der Waals surface area contributed by atoms with Gasteiger partial charge in [0, 0.05) is 23.2 Å². The second-order valence-corrected chi connectivity index (χ2v) is 6.85. The Morgan fingerprint density at radius 1 is 1.28 bits per heavy atom. The summed E-state index contributed by atoms with van der Waals surface area (Å²) in [5, 5.41) is 3.04. The number of amides is 1. The number of anilines is 1. The molecule has 1 unspecified atom stereocenters. The SMILES string of the molecule is Cc1cc(F)ccc1C(=O)NC1CC(C)(C)Oc2ccc(N)cc21.Cl. The number of benzene rings is 2. The second-order valence-electron chi connectivity index (χ2n) is 6.85. The molecule has 6 heteroatoms. The summed E-state index contributed by atoms with van der Waals surface area (Å²) in [6.45, 7) is 5.68. The topological polar surface area (TPSA) is 64.3 Å². The van der Waals surface area contributed by atoms with E-state index in [0.717, 1.165) is 11.3 Å². The minimum absolute atomic E-state index is 0. The fourth-order valence-corrected chi connectivity index (χ4v) is 3.12. The van der Waals surface area contributed by atoms with E-state index in [1.807, 2.05) is 26.0 Å².